The standard InChI is InChI=1S/C19H25N5O3S2/c1-10-7-8-12-15(10)22-13-6-4-5-11(13)16(12)23-17(25)24-29(20,27)18-21-9-14(28-18)19(2,3)26/h9-10,26H,4-8H2,1-3H3,(H3,20,22,23,24,25,27)/t10?,29-/m0/s1. The van der Waals surface area contributed by atoms with Gasteiger partial charge in [0.25, 0.3) is 0 Å². The van der Waals surface area contributed by atoms with E-state index in [4.69, 9.17) is 10.1 Å². The molecule has 2 aromatic heterocycles. The van der Waals surface area contributed by atoms with Crippen LogP contribution >= 0.6 is 11.3 Å². The van der Waals surface area contributed by atoms with Gasteiger partial charge >= 0.3 is 6.03 Å². The van der Waals surface area contributed by atoms with Gasteiger partial charge in [-0.05, 0) is 63.0 Å². The third kappa shape index (κ3) is 3.81. The maximum Gasteiger partial charge on any atom is 0.354 e. The molecule has 2 aliphatic carbocycles. The van der Waals surface area contributed by atoms with Crippen LogP contribution in [0.25, 0.3) is 0 Å². The molecule has 2 atom stereocenters. The summed E-state index contributed by atoms with van der Waals surface area (Å²) in [6.07, 6.45) is 6.03. The molecule has 0 radical (unpaired) electrons. The first-order valence-electron chi connectivity index (χ1n) is 9.65. The van der Waals surface area contributed by atoms with E-state index in [9.17, 15) is 14.1 Å². The molecule has 0 saturated heterocycles. The van der Waals surface area contributed by atoms with E-state index < -0.39 is 21.5 Å². The first-order valence-corrected chi connectivity index (χ1v) is 12.0. The molecule has 8 nitrogen and oxygen atoms in total. The molecular formula is C19H25N5O3S2. The highest BCUT2D eigenvalue weighted by atomic mass is 32.2. The Kier molecular flexibility index (Phi) is 5.01. The predicted molar refractivity (Wildman–Crippen MR) is 112 cm³/mol. The lowest BCUT2D eigenvalue weighted by Gasteiger charge is -2.15. The largest absolute Gasteiger partial charge is 0.385 e. The predicted octanol–water partition coefficient (Wildman–Crippen LogP) is 3.24. The van der Waals surface area contributed by atoms with Crippen LogP contribution in [-0.4, -0.2) is 25.3 Å². The van der Waals surface area contributed by atoms with Gasteiger partial charge in [-0.1, -0.05) is 6.92 Å². The second-order valence-corrected chi connectivity index (χ2v) is 11.2. The maximum absolute atomic E-state index is 12.9. The SMILES string of the molecule is CC1CCc2c1nc1c(c2NC(=O)N=[S@](N)(=O)c2ncc(C(C)(C)O)s2)CCC1. The van der Waals surface area contributed by atoms with Crippen molar-refractivity contribution in [3.63, 3.8) is 0 Å². The summed E-state index contributed by atoms with van der Waals surface area (Å²) >= 11 is 0.990. The number of fused-ring (bicyclic) bond motifs is 2. The van der Waals surface area contributed by atoms with Crippen LogP contribution in [0.5, 0.6) is 0 Å². The lowest BCUT2D eigenvalue weighted by molar-refractivity contribution is 0.0823. The van der Waals surface area contributed by atoms with Gasteiger partial charge in [0.2, 0.25) is 4.34 Å². The normalized spacial score (nSPS) is 20.1. The minimum atomic E-state index is -3.51. The molecule has 2 amide bonds. The second kappa shape index (κ2) is 7.12. The number of urea groups is 1. The van der Waals surface area contributed by atoms with Crippen molar-refractivity contribution in [1.29, 1.82) is 0 Å². The number of rotatable bonds is 3. The number of thiazole rings is 1. The summed E-state index contributed by atoms with van der Waals surface area (Å²) in [4.78, 5) is 22.0. The van der Waals surface area contributed by atoms with Gasteiger partial charge in [0.1, 0.15) is 0 Å². The maximum atomic E-state index is 12.9. The van der Waals surface area contributed by atoms with E-state index in [1.165, 1.54) is 6.20 Å². The molecule has 0 bridgehead atoms. The Morgan fingerprint density at radius 2 is 2.14 bits per heavy atom. The number of anilines is 1. The van der Waals surface area contributed by atoms with Crippen molar-refractivity contribution in [2.24, 2.45) is 9.50 Å². The third-order valence-corrected chi connectivity index (χ3v) is 8.55. The number of nitrogens with zero attached hydrogens (tertiary/aromatic N) is 3. The number of hydrogen-bond donors (Lipinski definition) is 3. The lowest BCUT2D eigenvalue weighted by Crippen LogP contribution is -2.19. The molecule has 2 heterocycles. The summed E-state index contributed by atoms with van der Waals surface area (Å²) in [6.45, 7) is 5.33. The summed E-state index contributed by atoms with van der Waals surface area (Å²) in [5.41, 5.74) is 3.84. The van der Waals surface area contributed by atoms with Crippen molar-refractivity contribution < 1.29 is 14.1 Å². The van der Waals surface area contributed by atoms with Crippen LogP contribution in [0.15, 0.2) is 14.9 Å². The van der Waals surface area contributed by atoms with Gasteiger partial charge in [-0.3, -0.25) is 4.98 Å². The molecule has 1 unspecified atom stereocenters. The van der Waals surface area contributed by atoms with Crippen LogP contribution in [0, 0.1) is 0 Å². The minimum Gasteiger partial charge on any atom is -0.385 e. The fourth-order valence-corrected chi connectivity index (χ4v) is 6.00. The first kappa shape index (κ1) is 20.4. The molecule has 0 fully saturated rings. The third-order valence-electron chi connectivity index (χ3n) is 5.44. The van der Waals surface area contributed by atoms with Crippen LogP contribution in [0.4, 0.5) is 10.5 Å². The van der Waals surface area contributed by atoms with Gasteiger partial charge in [0.05, 0.1) is 16.2 Å². The summed E-state index contributed by atoms with van der Waals surface area (Å²) in [6, 6.07) is -0.750. The van der Waals surface area contributed by atoms with Crippen LogP contribution in [0.2, 0.25) is 0 Å². The topological polar surface area (TPSA) is 131 Å². The van der Waals surface area contributed by atoms with Crippen LogP contribution in [0.1, 0.15) is 66.9 Å². The van der Waals surface area contributed by atoms with Crippen molar-refractivity contribution in [3.8, 4) is 0 Å². The van der Waals surface area contributed by atoms with E-state index in [2.05, 4.69) is 21.6 Å². The number of hydrogen-bond acceptors (Lipinski definition) is 6. The van der Waals surface area contributed by atoms with E-state index in [0.29, 0.717) is 10.8 Å². The number of aromatic nitrogens is 2. The zero-order valence-corrected chi connectivity index (χ0v) is 18.3. The molecule has 0 spiro atoms. The fourth-order valence-electron chi connectivity index (χ4n) is 3.92. The molecule has 29 heavy (non-hydrogen) atoms. The molecule has 4 rings (SSSR count). The molecular weight excluding hydrogens is 410 g/mol. The van der Waals surface area contributed by atoms with Crippen LogP contribution < -0.4 is 10.5 Å². The molecule has 4 N–H and O–H groups in total. The number of carbonyl (C=O) groups is 1. The number of amides is 2. The summed E-state index contributed by atoms with van der Waals surface area (Å²) in [5, 5.41) is 18.8. The summed E-state index contributed by atoms with van der Waals surface area (Å²) in [5.74, 6) is 0.359. The van der Waals surface area contributed by atoms with Crippen molar-refractivity contribution in [2.75, 3.05) is 5.32 Å². The van der Waals surface area contributed by atoms with Gasteiger partial charge in [-0.2, -0.15) is 0 Å². The van der Waals surface area contributed by atoms with Crippen molar-refractivity contribution >= 4 is 33.0 Å². The van der Waals surface area contributed by atoms with Crippen molar-refractivity contribution in [1.82, 2.24) is 9.97 Å². The first-order chi connectivity index (χ1) is 13.6. The molecule has 0 saturated carbocycles. The fraction of sp³-hybridized carbons (Fsp3) is 0.526. The van der Waals surface area contributed by atoms with E-state index in [1.54, 1.807) is 13.8 Å². The van der Waals surface area contributed by atoms with Crippen LogP contribution in [0.3, 0.4) is 0 Å². The Balaban J connectivity index is 1.66. The average Bonchev–Trinajstić information content (AvgIpc) is 3.33. The Morgan fingerprint density at radius 1 is 1.38 bits per heavy atom. The number of nitrogens with one attached hydrogen (secondary N) is 1. The Bertz CT molecular complexity index is 1110. The molecule has 2 aliphatic rings. The Hall–Kier alpha value is -1.88. The molecule has 0 aromatic carbocycles. The number of carbonyl (C=O) groups excluding carboxylic acids is 1. The van der Waals surface area contributed by atoms with E-state index >= 15 is 0 Å². The zero-order chi connectivity index (χ0) is 21.0. The molecule has 156 valence electrons. The Morgan fingerprint density at radius 3 is 2.83 bits per heavy atom. The lowest BCUT2D eigenvalue weighted by atomic mass is 10.0. The van der Waals surface area contributed by atoms with E-state index in [0.717, 1.165) is 71.6 Å². The van der Waals surface area contributed by atoms with E-state index in [1.807, 2.05) is 0 Å². The quantitative estimate of drug-likeness (QED) is 0.681. The minimum absolute atomic E-state index is 0.0172. The molecule has 0 aliphatic heterocycles. The van der Waals surface area contributed by atoms with Crippen molar-refractivity contribution in [3.05, 3.63) is 33.6 Å². The van der Waals surface area contributed by atoms with Gasteiger partial charge < -0.3 is 10.4 Å². The highest BCUT2D eigenvalue weighted by Crippen LogP contribution is 2.41. The monoisotopic (exact) mass is 435 g/mol. The number of aryl methyl sites for hydroxylation is 1. The van der Waals surface area contributed by atoms with E-state index in [-0.39, 0.29) is 4.34 Å². The van der Waals surface area contributed by atoms with Crippen molar-refractivity contribution in [2.45, 2.75) is 68.7 Å². The zero-order valence-electron chi connectivity index (χ0n) is 16.7. The Labute approximate surface area is 174 Å². The van der Waals surface area contributed by atoms with Gasteiger partial charge in [0, 0.05) is 17.6 Å². The number of aliphatic hydroxyl groups is 1. The highest BCUT2D eigenvalue weighted by Gasteiger charge is 2.30. The number of nitrogens with two attached hydrogens (primary N) is 1. The summed E-state index contributed by atoms with van der Waals surface area (Å²) < 4.78 is 16.6. The average molecular weight is 436 g/mol. The second-order valence-electron chi connectivity index (χ2n) is 8.21. The smallest absolute Gasteiger partial charge is 0.354 e. The number of pyridine rings is 1. The molecule has 10 heteroatoms. The summed E-state index contributed by atoms with van der Waals surface area (Å²) in [7, 11) is -3.51. The van der Waals surface area contributed by atoms with Gasteiger partial charge in [0.15, 0.2) is 9.92 Å². The van der Waals surface area contributed by atoms with Gasteiger partial charge in [-0.15, -0.1) is 15.7 Å². The van der Waals surface area contributed by atoms with Gasteiger partial charge in [-0.25, -0.2) is 19.1 Å². The van der Waals surface area contributed by atoms with Crippen LogP contribution in [-0.2, 0) is 34.8 Å². The highest BCUT2D eigenvalue weighted by molar-refractivity contribution is 7.93. The molecule has 2 aromatic rings.